The van der Waals surface area contributed by atoms with Gasteiger partial charge in [0.05, 0.1) is 16.3 Å². The minimum absolute atomic E-state index is 0.646. The number of hydrogen-bond acceptors (Lipinski definition) is 6. The lowest BCUT2D eigenvalue weighted by molar-refractivity contribution is 1.08. The zero-order valence-electron chi connectivity index (χ0n) is 27.7. The molecule has 0 aliphatic rings. The molecule has 0 amide bonds. The molecule has 0 N–H and O–H groups in total. The van der Waals surface area contributed by atoms with Gasteiger partial charge in [-0.3, -0.25) is 0 Å². The van der Waals surface area contributed by atoms with E-state index in [2.05, 4.69) is 86.3 Å². The van der Waals surface area contributed by atoms with Gasteiger partial charge in [0.25, 0.3) is 0 Å². The van der Waals surface area contributed by atoms with Crippen molar-refractivity contribution < 1.29 is 0 Å². The Morgan fingerprint density at radius 3 is 1.80 bits per heavy atom. The molecule has 51 heavy (non-hydrogen) atoms. The lowest BCUT2D eigenvalue weighted by atomic mass is 9.98. The van der Waals surface area contributed by atoms with Gasteiger partial charge in [-0.2, -0.15) is 0 Å². The van der Waals surface area contributed by atoms with Gasteiger partial charge in [0.15, 0.2) is 17.5 Å². The Morgan fingerprint density at radius 1 is 0.549 bits per heavy atom. The maximum Gasteiger partial charge on any atom is 0.165 e. The largest absolute Gasteiger partial charge is 0.247 e. The highest BCUT2D eigenvalue weighted by atomic mass is 32.1. The predicted molar refractivity (Wildman–Crippen MR) is 217 cm³/mol. The summed E-state index contributed by atoms with van der Waals surface area (Å²) in [6.45, 7) is 6.65. The number of aryl methyl sites for hydroxylation is 1. The number of rotatable bonds is 7. The third kappa shape index (κ3) is 5.65. The molecule has 0 atom stereocenters. The Labute approximate surface area is 303 Å². The highest BCUT2D eigenvalue weighted by molar-refractivity contribution is 7.26. The Hall–Kier alpha value is -6.08. The molecule has 0 bridgehead atoms. The summed E-state index contributed by atoms with van der Waals surface area (Å²) in [5.74, 6) is 1.94. The van der Waals surface area contributed by atoms with Crippen LogP contribution < -0.4 is 0 Å². The average Bonchev–Trinajstić information content (AvgIpc) is 3.75. The number of benzene rings is 6. The zero-order valence-corrected chi connectivity index (χ0v) is 29.4. The Bertz CT molecular complexity index is 2710. The lowest BCUT2D eigenvalue weighted by Crippen LogP contribution is -2.04. The van der Waals surface area contributed by atoms with E-state index in [1.165, 1.54) is 20.3 Å². The fourth-order valence-electron chi connectivity index (χ4n) is 6.61. The van der Waals surface area contributed by atoms with Gasteiger partial charge in [-0.1, -0.05) is 140 Å². The predicted octanol–water partition coefficient (Wildman–Crippen LogP) is 12.3. The number of nitrogens with zero attached hydrogens (tertiary/aromatic N) is 4. The molecular weight excluding hydrogens is 661 g/mol. The summed E-state index contributed by atoms with van der Waals surface area (Å²) in [7, 11) is 0. The van der Waals surface area contributed by atoms with Gasteiger partial charge in [0, 0.05) is 47.1 Å². The van der Waals surface area contributed by atoms with Gasteiger partial charge in [-0.05, 0) is 41.6 Å². The second-order valence-electron chi connectivity index (χ2n) is 12.3. The summed E-state index contributed by atoms with van der Waals surface area (Å²) >= 11 is 3.55. The summed E-state index contributed by atoms with van der Waals surface area (Å²) in [5.41, 5.74) is 7.82. The van der Waals surface area contributed by atoms with Crippen molar-refractivity contribution in [2.45, 2.75) is 6.92 Å². The smallest absolute Gasteiger partial charge is 0.165 e. The average molecular weight is 691 g/mol. The van der Waals surface area contributed by atoms with Gasteiger partial charge >= 0.3 is 0 Å². The number of aromatic nitrogens is 3. The van der Waals surface area contributed by atoms with Crippen molar-refractivity contribution >= 4 is 64.3 Å². The summed E-state index contributed by atoms with van der Waals surface area (Å²) in [6, 6.07) is 52.0. The first-order valence-electron chi connectivity index (χ1n) is 16.8. The first-order valence-corrected chi connectivity index (χ1v) is 18.4. The lowest BCUT2D eigenvalue weighted by Gasteiger charge is -2.11. The molecule has 9 rings (SSSR count). The van der Waals surface area contributed by atoms with E-state index in [0.29, 0.717) is 17.5 Å². The van der Waals surface area contributed by atoms with E-state index in [9.17, 15) is 0 Å². The Balaban J connectivity index is 1.28. The fourth-order valence-corrected chi connectivity index (χ4v) is 9.06. The normalized spacial score (nSPS) is 11.8. The molecular formula is C45H30N4S2. The van der Waals surface area contributed by atoms with Crippen LogP contribution in [0.2, 0.25) is 0 Å². The summed E-state index contributed by atoms with van der Waals surface area (Å²) in [4.78, 5) is 21.6. The monoisotopic (exact) mass is 690 g/mol. The van der Waals surface area contributed by atoms with Crippen LogP contribution in [0.5, 0.6) is 0 Å². The van der Waals surface area contributed by atoms with Crippen LogP contribution in [0.25, 0.3) is 70.1 Å². The van der Waals surface area contributed by atoms with Gasteiger partial charge in [0.2, 0.25) is 0 Å². The molecule has 6 heteroatoms. The minimum Gasteiger partial charge on any atom is -0.247 e. The minimum atomic E-state index is 0.646. The number of thiophene rings is 2. The van der Waals surface area contributed by atoms with Crippen LogP contribution in [-0.4, -0.2) is 20.7 Å². The first-order chi connectivity index (χ1) is 25.1. The van der Waals surface area contributed by atoms with Crippen LogP contribution in [-0.2, 0) is 0 Å². The molecule has 242 valence electrons. The van der Waals surface area contributed by atoms with Gasteiger partial charge in [0.1, 0.15) is 0 Å². The summed E-state index contributed by atoms with van der Waals surface area (Å²) in [5, 5.41) is 3.55. The molecule has 0 radical (unpaired) electrons. The van der Waals surface area contributed by atoms with E-state index < -0.39 is 0 Å². The molecule has 0 spiro atoms. The van der Waals surface area contributed by atoms with E-state index in [4.69, 9.17) is 19.9 Å². The standard InChI is InChI=1S/C45H30N4S2/c1-28-33-22-12-13-26-37(33)50-41(28)40(46-29(2)30-16-6-3-7-17-30)34-23-15-27-38-39(34)35-24-14-25-36(42(35)51-38)45-48-43(31-18-8-4-9-19-31)47-44(49-45)32-20-10-5-11-21-32/h3-27H,2H2,1H3/b46-40-. The van der Waals surface area contributed by atoms with Crippen molar-refractivity contribution in [3.05, 3.63) is 180 Å². The van der Waals surface area contributed by atoms with E-state index in [1.54, 1.807) is 22.7 Å². The quantitative estimate of drug-likeness (QED) is 0.156. The van der Waals surface area contributed by atoms with E-state index in [1.807, 2.05) is 78.9 Å². The molecule has 4 nitrogen and oxygen atoms in total. The third-order valence-electron chi connectivity index (χ3n) is 9.13. The van der Waals surface area contributed by atoms with E-state index in [-0.39, 0.29) is 0 Å². The maximum absolute atomic E-state index is 5.36. The molecule has 0 fully saturated rings. The molecule has 3 aromatic heterocycles. The second kappa shape index (κ2) is 13.0. The van der Waals surface area contributed by atoms with Crippen molar-refractivity contribution in [2.75, 3.05) is 0 Å². The molecule has 0 saturated carbocycles. The highest BCUT2D eigenvalue weighted by Crippen LogP contribution is 2.43. The SMILES string of the molecule is C=C(/N=C(\c1sc2ccccc2c1C)c1cccc2sc3c(-c4nc(-c5ccccc5)nc(-c5ccccc5)n4)cccc3c12)c1ccccc1. The summed E-state index contributed by atoms with van der Waals surface area (Å²) in [6.07, 6.45) is 0. The first kappa shape index (κ1) is 30.9. The van der Waals surface area contributed by atoms with E-state index in [0.717, 1.165) is 59.6 Å². The number of hydrogen-bond donors (Lipinski definition) is 0. The number of aliphatic imine (C=N–C) groups is 1. The van der Waals surface area contributed by atoms with Crippen LogP contribution in [0.1, 0.15) is 21.6 Å². The molecule has 0 aliphatic carbocycles. The Kier molecular flexibility index (Phi) is 7.88. The molecule has 3 heterocycles. The topological polar surface area (TPSA) is 51.0 Å². The van der Waals surface area contributed by atoms with Crippen molar-refractivity contribution in [2.24, 2.45) is 4.99 Å². The highest BCUT2D eigenvalue weighted by Gasteiger charge is 2.22. The van der Waals surface area contributed by atoms with E-state index >= 15 is 0 Å². The second-order valence-corrected chi connectivity index (χ2v) is 14.4. The van der Waals surface area contributed by atoms with Crippen LogP contribution in [0.4, 0.5) is 0 Å². The van der Waals surface area contributed by atoms with Crippen LogP contribution >= 0.6 is 22.7 Å². The van der Waals surface area contributed by atoms with Crippen LogP contribution in [0.15, 0.2) is 163 Å². The van der Waals surface area contributed by atoms with Gasteiger partial charge in [-0.25, -0.2) is 19.9 Å². The number of fused-ring (bicyclic) bond motifs is 4. The molecule has 6 aromatic carbocycles. The van der Waals surface area contributed by atoms with Crippen molar-refractivity contribution in [3.63, 3.8) is 0 Å². The van der Waals surface area contributed by atoms with Crippen LogP contribution in [0.3, 0.4) is 0 Å². The van der Waals surface area contributed by atoms with Gasteiger partial charge in [-0.15, -0.1) is 22.7 Å². The van der Waals surface area contributed by atoms with Crippen molar-refractivity contribution in [1.82, 2.24) is 15.0 Å². The van der Waals surface area contributed by atoms with Crippen molar-refractivity contribution in [1.29, 1.82) is 0 Å². The van der Waals surface area contributed by atoms with Gasteiger partial charge < -0.3 is 0 Å². The van der Waals surface area contributed by atoms with Crippen molar-refractivity contribution in [3.8, 4) is 34.2 Å². The summed E-state index contributed by atoms with van der Waals surface area (Å²) < 4.78 is 3.54. The van der Waals surface area contributed by atoms with Crippen LogP contribution in [0, 0.1) is 6.92 Å². The molecule has 9 aromatic rings. The third-order valence-corrected chi connectivity index (χ3v) is 11.6. The zero-order chi connectivity index (χ0) is 34.3. The molecule has 0 aliphatic heterocycles. The maximum atomic E-state index is 5.36. The Morgan fingerprint density at radius 2 is 1.12 bits per heavy atom. The molecule has 0 saturated heterocycles. The fraction of sp³-hybridized carbons (Fsp3) is 0.0222. The molecule has 0 unspecified atom stereocenters.